The van der Waals surface area contributed by atoms with Gasteiger partial charge in [0.1, 0.15) is 0 Å². The summed E-state index contributed by atoms with van der Waals surface area (Å²) >= 11 is 0. The van der Waals surface area contributed by atoms with Crippen LogP contribution in [0.5, 0.6) is 0 Å². The van der Waals surface area contributed by atoms with Crippen molar-refractivity contribution < 1.29 is 18.0 Å². The standard InChI is InChI=1S/C22H26F3N5O/c1-5-30-20-17(12-28-30)19(29-14(4)13(2)3)18(11-26-20)21(31)27-10-15-7-6-8-16(9-15)22(23,24)25/h6-9,11-14H,5,10H2,1-4H3,(H,26,29)(H,27,31)/t14-/m0/s1. The predicted molar refractivity (Wildman–Crippen MR) is 114 cm³/mol. The molecule has 0 unspecified atom stereocenters. The van der Waals surface area contributed by atoms with Gasteiger partial charge in [0.05, 0.1) is 28.4 Å². The van der Waals surface area contributed by atoms with Crippen LogP contribution in [0.1, 0.15) is 49.2 Å². The fourth-order valence-electron chi connectivity index (χ4n) is 3.12. The van der Waals surface area contributed by atoms with Crippen LogP contribution in [0.15, 0.2) is 36.7 Å². The molecule has 2 N–H and O–H groups in total. The highest BCUT2D eigenvalue weighted by Crippen LogP contribution is 2.30. The van der Waals surface area contributed by atoms with Gasteiger partial charge in [0.25, 0.3) is 5.91 Å². The highest BCUT2D eigenvalue weighted by atomic mass is 19.4. The number of anilines is 1. The summed E-state index contributed by atoms with van der Waals surface area (Å²) < 4.78 is 40.6. The molecule has 1 aromatic carbocycles. The third-order valence-corrected chi connectivity index (χ3v) is 5.29. The van der Waals surface area contributed by atoms with E-state index in [1.807, 2.05) is 13.8 Å². The first kappa shape index (κ1) is 22.6. The molecule has 0 saturated heterocycles. The van der Waals surface area contributed by atoms with E-state index in [-0.39, 0.29) is 12.6 Å². The molecule has 1 amide bonds. The van der Waals surface area contributed by atoms with Gasteiger partial charge in [0.2, 0.25) is 0 Å². The Kier molecular flexibility index (Phi) is 6.52. The van der Waals surface area contributed by atoms with Gasteiger partial charge in [0.15, 0.2) is 5.65 Å². The molecular weight excluding hydrogens is 407 g/mol. The third-order valence-electron chi connectivity index (χ3n) is 5.29. The molecule has 0 aliphatic heterocycles. The minimum atomic E-state index is -4.43. The summed E-state index contributed by atoms with van der Waals surface area (Å²) in [7, 11) is 0. The fraction of sp³-hybridized carbons (Fsp3) is 0.409. The van der Waals surface area contributed by atoms with E-state index in [2.05, 4.69) is 34.6 Å². The molecule has 0 radical (unpaired) electrons. The van der Waals surface area contributed by atoms with Crippen molar-refractivity contribution in [1.29, 1.82) is 0 Å². The van der Waals surface area contributed by atoms with Crippen molar-refractivity contribution in [2.75, 3.05) is 5.32 Å². The predicted octanol–water partition coefficient (Wildman–Crippen LogP) is 4.86. The number of carbonyl (C=O) groups is 1. The van der Waals surface area contributed by atoms with E-state index >= 15 is 0 Å². The Labute approximate surface area is 178 Å². The van der Waals surface area contributed by atoms with Gasteiger partial charge in [-0.25, -0.2) is 9.67 Å². The normalized spacial score (nSPS) is 12.9. The van der Waals surface area contributed by atoms with Crippen molar-refractivity contribution >= 4 is 22.6 Å². The van der Waals surface area contributed by atoms with Crippen molar-refractivity contribution in [2.45, 2.75) is 53.0 Å². The zero-order valence-corrected chi connectivity index (χ0v) is 17.9. The number of hydrogen-bond acceptors (Lipinski definition) is 4. The summed E-state index contributed by atoms with van der Waals surface area (Å²) in [4.78, 5) is 17.3. The molecule has 0 fully saturated rings. The second-order valence-corrected chi connectivity index (χ2v) is 7.80. The molecule has 0 saturated carbocycles. The molecular formula is C22H26F3N5O. The number of nitrogens with zero attached hydrogens (tertiary/aromatic N) is 3. The van der Waals surface area contributed by atoms with Crippen molar-refractivity contribution in [1.82, 2.24) is 20.1 Å². The Morgan fingerprint density at radius 1 is 1.19 bits per heavy atom. The minimum absolute atomic E-state index is 0.0335. The zero-order valence-electron chi connectivity index (χ0n) is 17.9. The number of rotatable bonds is 7. The number of carbonyl (C=O) groups excluding carboxylic acids is 1. The summed E-state index contributed by atoms with van der Waals surface area (Å²) in [6.45, 7) is 8.71. The van der Waals surface area contributed by atoms with Crippen LogP contribution in [0, 0.1) is 5.92 Å². The molecule has 0 aliphatic carbocycles. The maximum Gasteiger partial charge on any atom is 0.416 e. The molecule has 1 atom stereocenters. The maximum atomic E-state index is 13.0. The van der Waals surface area contributed by atoms with E-state index < -0.39 is 17.6 Å². The van der Waals surface area contributed by atoms with Crippen LogP contribution in [0.2, 0.25) is 0 Å². The summed E-state index contributed by atoms with van der Waals surface area (Å²) in [5.41, 5.74) is 1.22. The van der Waals surface area contributed by atoms with Crippen LogP contribution in [-0.2, 0) is 19.3 Å². The van der Waals surface area contributed by atoms with Crippen LogP contribution in [-0.4, -0.2) is 26.7 Å². The van der Waals surface area contributed by atoms with Crippen molar-refractivity contribution in [3.05, 3.63) is 53.3 Å². The zero-order chi connectivity index (χ0) is 22.8. The lowest BCUT2D eigenvalue weighted by Gasteiger charge is -2.21. The number of hydrogen-bond donors (Lipinski definition) is 2. The second kappa shape index (κ2) is 8.95. The average Bonchev–Trinajstić information content (AvgIpc) is 3.15. The molecule has 6 nitrogen and oxygen atoms in total. The Balaban J connectivity index is 1.89. The van der Waals surface area contributed by atoms with E-state index in [1.165, 1.54) is 12.3 Å². The Morgan fingerprint density at radius 2 is 1.94 bits per heavy atom. The monoisotopic (exact) mass is 433 g/mol. The average molecular weight is 433 g/mol. The first-order valence-corrected chi connectivity index (χ1v) is 10.2. The molecule has 0 bridgehead atoms. The molecule has 0 aliphatic rings. The molecule has 0 spiro atoms. The van der Waals surface area contributed by atoms with E-state index in [1.54, 1.807) is 16.9 Å². The summed E-state index contributed by atoms with van der Waals surface area (Å²) in [5, 5.41) is 11.2. The minimum Gasteiger partial charge on any atom is -0.381 e. The Bertz CT molecular complexity index is 1070. The lowest BCUT2D eigenvalue weighted by Crippen LogP contribution is -2.27. The van der Waals surface area contributed by atoms with E-state index in [4.69, 9.17) is 0 Å². The first-order chi connectivity index (χ1) is 14.6. The smallest absolute Gasteiger partial charge is 0.381 e. The highest BCUT2D eigenvalue weighted by Gasteiger charge is 2.30. The summed E-state index contributed by atoms with van der Waals surface area (Å²) in [6, 6.07) is 4.98. The number of fused-ring (bicyclic) bond motifs is 1. The van der Waals surface area contributed by atoms with Gasteiger partial charge in [-0.15, -0.1) is 0 Å². The Hall–Kier alpha value is -3.10. The van der Waals surface area contributed by atoms with E-state index in [0.29, 0.717) is 34.9 Å². The number of aryl methyl sites for hydroxylation is 1. The second-order valence-electron chi connectivity index (χ2n) is 7.80. The van der Waals surface area contributed by atoms with Crippen LogP contribution in [0.3, 0.4) is 0 Å². The molecule has 2 aromatic heterocycles. The topological polar surface area (TPSA) is 71.8 Å². The number of benzene rings is 1. The van der Waals surface area contributed by atoms with Gasteiger partial charge in [-0.2, -0.15) is 18.3 Å². The van der Waals surface area contributed by atoms with Gasteiger partial charge < -0.3 is 10.6 Å². The number of alkyl halides is 3. The van der Waals surface area contributed by atoms with Crippen molar-refractivity contribution in [2.24, 2.45) is 5.92 Å². The SMILES string of the molecule is CCn1ncc2c(N[C@@H](C)C(C)C)c(C(=O)NCc3cccc(C(F)(F)F)c3)cnc21. The summed E-state index contributed by atoms with van der Waals surface area (Å²) in [5.74, 6) is -0.111. The van der Waals surface area contributed by atoms with Crippen LogP contribution in [0.4, 0.5) is 18.9 Å². The molecule has 2 heterocycles. The maximum absolute atomic E-state index is 13.0. The lowest BCUT2D eigenvalue weighted by molar-refractivity contribution is -0.137. The first-order valence-electron chi connectivity index (χ1n) is 10.2. The van der Waals surface area contributed by atoms with Gasteiger partial charge in [-0.05, 0) is 37.5 Å². The lowest BCUT2D eigenvalue weighted by atomic mass is 10.0. The van der Waals surface area contributed by atoms with Gasteiger partial charge in [-0.3, -0.25) is 4.79 Å². The molecule has 31 heavy (non-hydrogen) atoms. The third kappa shape index (κ3) is 4.98. The van der Waals surface area contributed by atoms with Crippen LogP contribution < -0.4 is 10.6 Å². The molecule has 166 valence electrons. The number of amides is 1. The number of aromatic nitrogens is 3. The number of halogens is 3. The number of nitrogens with one attached hydrogen (secondary N) is 2. The van der Waals surface area contributed by atoms with Crippen LogP contribution in [0.25, 0.3) is 11.0 Å². The molecule has 9 heteroatoms. The van der Waals surface area contributed by atoms with Crippen LogP contribution >= 0.6 is 0 Å². The largest absolute Gasteiger partial charge is 0.416 e. The highest BCUT2D eigenvalue weighted by molar-refractivity contribution is 6.06. The van der Waals surface area contributed by atoms with Gasteiger partial charge in [0, 0.05) is 25.3 Å². The van der Waals surface area contributed by atoms with Crippen molar-refractivity contribution in [3.63, 3.8) is 0 Å². The van der Waals surface area contributed by atoms with E-state index in [0.717, 1.165) is 17.5 Å². The van der Waals surface area contributed by atoms with Gasteiger partial charge >= 0.3 is 6.18 Å². The number of pyridine rings is 1. The fourth-order valence-corrected chi connectivity index (χ4v) is 3.12. The Morgan fingerprint density at radius 3 is 2.58 bits per heavy atom. The quantitative estimate of drug-likeness (QED) is 0.558. The van der Waals surface area contributed by atoms with E-state index in [9.17, 15) is 18.0 Å². The van der Waals surface area contributed by atoms with Crippen molar-refractivity contribution in [3.8, 4) is 0 Å². The molecule has 3 aromatic rings. The summed E-state index contributed by atoms with van der Waals surface area (Å²) in [6.07, 6.45) is -1.28. The van der Waals surface area contributed by atoms with Gasteiger partial charge in [-0.1, -0.05) is 26.0 Å². The molecule has 3 rings (SSSR count).